The smallest absolute Gasteiger partial charge is 0.269 e. The summed E-state index contributed by atoms with van der Waals surface area (Å²) >= 11 is 0. The van der Waals surface area contributed by atoms with Crippen LogP contribution >= 0.6 is 0 Å². The number of nitro groups is 2. The van der Waals surface area contributed by atoms with Gasteiger partial charge in [-0.2, -0.15) is 0 Å². The molecule has 0 aliphatic carbocycles. The van der Waals surface area contributed by atoms with Crippen molar-refractivity contribution in [2.45, 2.75) is 32.1 Å². The van der Waals surface area contributed by atoms with E-state index in [9.17, 15) is 29.8 Å². The van der Waals surface area contributed by atoms with Crippen LogP contribution in [0.1, 0.15) is 43.2 Å². The van der Waals surface area contributed by atoms with Crippen molar-refractivity contribution in [2.24, 2.45) is 0 Å². The first-order valence-electron chi connectivity index (χ1n) is 11.3. The van der Waals surface area contributed by atoms with Crippen molar-refractivity contribution in [1.29, 1.82) is 0 Å². The van der Waals surface area contributed by atoms with Gasteiger partial charge in [-0.05, 0) is 60.4 Å². The largest absolute Gasteiger partial charge is 0.353 e. The molecular formula is C25H28N4O6. The zero-order valence-electron chi connectivity index (χ0n) is 19.2. The lowest BCUT2D eigenvalue weighted by molar-refractivity contribution is -0.385. The first-order valence-corrected chi connectivity index (χ1v) is 11.3. The fourth-order valence-electron chi connectivity index (χ4n) is 3.08. The molecule has 0 saturated carbocycles. The number of hydrogen-bond donors (Lipinski definition) is 2. The van der Waals surface area contributed by atoms with Crippen LogP contribution < -0.4 is 10.6 Å². The highest BCUT2D eigenvalue weighted by atomic mass is 16.6. The number of carbonyl (C=O) groups excluding carboxylic acids is 2. The van der Waals surface area contributed by atoms with E-state index in [-0.39, 0.29) is 23.2 Å². The van der Waals surface area contributed by atoms with Gasteiger partial charge < -0.3 is 10.6 Å². The second-order valence-electron chi connectivity index (χ2n) is 7.71. The molecular weight excluding hydrogens is 452 g/mol. The van der Waals surface area contributed by atoms with Crippen molar-refractivity contribution < 1.29 is 19.4 Å². The van der Waals surface area contributed by atoms with Gasteiger partial charge in [0.25, 0.3) is 11.4 Å². The third-order valence-electron chi connectivity index (χ3n) is 5.01. The molecule has 0 fully saturated rings. The Morgan fingerprint density at radius 3 is 1.31 bits per heavy atom. The minimum absolute atomic E-state index is 0.00509. The third kappa shape index (κ3) is 10.9. The standard InChI is InChI=1S/C25H28N4O6/c30-24(16-10-20-6-12-22(13-7-20)28(32)33)26-18-4-2-1-3-5-19-27-25(31)17-11-21-8-14-23(15-9-21)29(34)35/h6-17H,1-5,18-19H2,(H,26,30)(H,27,31)/b16-10+,17-11+. The van der Waals surface area contributed by atoms with Gasteiger partial charge >= 0.3 is 0 Å². The summed E-state index contributed by atoms with van der Waals surface area (Å²) in [5.41, 5.74) is 1.43. The van der Waals surface area contributed by atoms with E-state index in [0.717, 1.165) is 32.1 Å². The van der Waals surface area contributed by atoms with E-state index in [1.165, 1.54) is 36.4 Å². The molecule has 0 saturated heterocycles. The van der Waals surface area contributed by atoms with Crippen molar-refractivity contribution in [3.05, 3.63) is 92.0 Å². The zero-order chi connectivity index (χ0) is 25.5. The predicted octanol–water partition coefficient (Wildman–Crippen LogP) is 4.41. The van der Waals surface area contributed by atoms with Gasteiger partial charge in [0.2, 0.25) is 11.8 Å². The fourth-order valence-corrected chi connectivity index (χ4v) is 3.08. The van der Waals surface area contributed by atoms with E-state index in [4.69, 9.17) is 0 Å². The lowest BCUT2D eigenvalue weighted by Gasteiger charge is -2.04. The van der Waals surface area contributed by atoms with Crippen LogP contribution in [-0.2, 0) is 9.59 Å². The third-order valence-corrected chi connectivity index (χ3v) is 5.01. The predicted molar refractivity (Wildman–Crippen MR) is 133 cm³/mol. The molecule has 2 rings (SSSR count). The monoisotopic (exact) mass is 480 g/mol. The number of nitro benzene ring substituents is 2. The molecule has 35 heavy (non-hydrogen) atoms. The van der Waals surface area contributed by atoms with Gasteiger partial charge in [-0.3, -0.25) is 29.8 Å². The Hall–Kier alpha value is -4.34. The first-order chi connectivity index (χ1) is 16.8. The van der Waals surface area contributed by atoms with Crippen molar-refractivity contribution in [3.63, 3.8) is 0 Å². The number of unbranched alkanes of at least 4 members (excludes halogenated alkanes) is 4. The van der Waals surface area contributed by atoms with E-state index in [2.05, 4.69) is 10.6 Å². The van der Waals surface area contributed by atoms with Crippen molar-refractivity contribution in [2.75, 3.05) is 13.1 Å². The lowest BCUT2D eigenvalue weighted by atomic mass is 10.1. The molecule has 2 N–H and O–H groups in total. The van der Waals surface area contributed by atoms with Crippen LogP contribution in [0.4, 0.5) is 11.4 Å². The number of benzene rings is 2. The van der Waals surface area contributed by atoms with E-state index in [1.54, 1.807) is 36.4 Å². The van der Waals surface area contributed by atoms with Crippen LogP contribution in [0.5, 0.6) is 0 Å². The van der Waals surface area contributed by atoms with Crippen molar-refractivity contribution in [1.82, 2.24) is 10.6 Å². The summed E-state index contributed by atoms with van der Waals surface area (Å²) in [6, 6.07) is 11.9. The molecule has 0 aromatic heterocycles. The summed E-state index contributed by atoms with van der Waals surface area (Å²) in [5.74, 6) is -0.430. The Kier molecular flexibility index (Phi) is 11.3. The maximum absolute atomic E-state index is 11.8. The van der Waals surface area contributed by atoms with Gasteiger partial charge in [-0.25, -0.2) is 0 Å². The summed E-state index contributed by atoms with van der Waals surface area (Å²) in [6.45, 7) is 1.13. The number of carbonyl (C=O) groups is 2. The fraction of sp³-hybridized carbons (Fsp3) is 0.280. The SMILES string of the molecule is O=C(/C=C/c1ccc([N+](=O)[O-])cc1)NCCCCCCCNC(=O)/C=C/c1ccc([N+](=O)[O-])cc1. The van der Waals surface area contributed by atoms with Gasteiger partial charge in [0.15, 0.2) is 0 Å². The molecule has 10 heteroatoms. The van der Waals surface area contributed by atoms with Crippen LogP contribution in [0.3, 0.4) is 0 Å². The Morgan fingerprint density at radius 2 is 0.971 bits per heavy atom. The highest BCUT2D eigenvalue weighted by molar-refractivity contribution is 5.92. The van der Waals surface area contributed by atoms with Gasteiger partial charge in [-0.15, -0.1) is 0 Å². The number of rotatable bonds is 14. The Balaban J connectivity index is 1.49. The molecule has 0 atom stereocenters. The normalized spacial score (nSPS) is 11.0. The van der Waals surface area contributed by atoms with E-state index >= 15 is 0 Å². The van der Waals surface area contributed by atoms with E-state index in [1.807, 2.05) is 0 Å². The molecule has 0 spiro atoms. The van der Waals surface area contributed by atoms with E-state index < -0.39 is 9.85 Å². The molecule has 2 amide bonds. The van der Waals surface area contributed by atoms with Crippen LogP contribution in [0.2, 0.25) is 0 Å². The molecule has 0 aliphatic heterocycles. The van der Waals surface area contributed by atoms with Gasteiger partial charge in [0.1, 0.15) is 0 Å². The summed E-state index contributed by atoms with van der Waals surface area (Å²) in [7, 11) is 0. The van der Waals surface area contributed by atoms with E-state index in [0.29, 0.717) is 24.2 Å². The number of amides is 2. The molecule has 0 aliphatic rings. The average molecular weight is 481 g/mol. The number of nitrogens with one attached hydrogen (secondary N) is 2. The number of nitrogens with zero attached hydrogens (tertiary/aromatic N) is 2. The zero-order valence-corrected chi connectivity index (χ0v) is 19.2. The lowest BCUT2D eigenvalue weighted by Crippen LogP contribution is -2.22. The highest BCUT2D eigenvalue weighted by Gasteiger charge is 2.04. The van der Waals surface area contributed by atoms with Crippen LogP contribution in [0.15, 0.2) is 60.7 Å². The summed E-state index contributed by atoms with van der Waals surface area (Å²) in [4.78, 5) is 44.0. The molecule has 0 heterocycles. The molecule has 10 nitrogen and oxygen atoms in total. The summed E-state index contributed by atoms with van der Waals surface area (Å²) in [5, 5.41) is 26.9. The molecule has 0 bridgehead atoms. The van der Waals surface area contributed by atoms with Crippen LogP contribution in [0, 0.1) is 20.2 Å². The Bertz CT molecular complexity index is 977. The maximum Gasteiger partial charge on any atom is 0.269 e. The molecule has 0 unspecified atom stereocenters. The van der Waals surface area contributed by atoms with Gasteiger partial charge in [0.05, 0.1) is 9.85 Å². The topological polar surface area (TPSA) is 144 Å². The van der Waals surface area contributed by atoms with Crippen LogP contribution in [0.25, 0.3) is 12.2 Å². The minimum Gasteiger partial charge on any atom is -0.353 e. The van der Waals surface area contributed by atoms with Gasteiger partial charge in [-0.1, -0.05) is 19.3 Å². The van der Waals surface area contributed by atoms with Gasteiger partial charge in [0, 0.05) is 49.5 Å². The number of non-ortho nitro benzene ring substituents is 2. The summed E-state index contributed by atoms with van der Waals surface area (Å²) in [6.07, 6.45) is 10.6. The highest BCUT2D eigenvalue weighted by Crippen LogP contribution is 2.13. The first kappa shape index (κ1) is 26.9. The average Bonchev–Trinajstić information content (AvgIpc) is 2.85. The minimum atomic E-state index is -0.472. The molecule has 184 valence electrons. The second kappa shape index (κ2) is 14.7. The molecule has 2 aromatic carbocycles. The molecule has 2 aromatic rings. The molecule has 0 radical (unpaired) electrons. The van der Waals surface area contributed by atoms with Crippen molar-refractivity contribution >= 4 is 35.3 Å². The Labute approximate surface area is 203 Å². The number of hydrogen-bond acceptors (Lipinski definition) is 6. The maximum atomic E-state index is 11.8. The quantitative estimate of drug-likeness (QED) is 0.177. The van der Waals surface area contributed by atoms with Crippen LogP contribution in [-0.4, -0.2) is 34.8 Å². The summed E-state index contributed by atoms with van der Waals surface area (Å²) < 4.78 is 0. The van der Waals surface area contributed by atoms with Crippen molar-refractivity contribution in [3.8, 4) is 0 Å². The second-order valence-corrected chi connectivity index (χ2v) is 7.71. The Morgan fingerprint density at radius 1 is 0.629 bits per heavy atom.